The first-order chi connectivity index (χ1) is 7.99. The summed E-state index contributed by atoms with van der Waals surface area (Å²) in [5.74, 6) is -1.37. The van der Waals surface area contributed by atoms with Gasteiger partial charge in [-0.3, -0.25) is 9.59 Å². The van der Waals surface area contributed by atoms with Crippen LogP contribution in [0.25, 0.3) is 0 Å². The van der Waals surface area contributed by atoms with Crippen molar-refractivity contribution in [2.75, 3.05) is 13.1 Å². The zero-order valence-electron chi connectivity index (χ0n) is 10.1. The maximum Gasteiger partial charge on any atom is 0.307 e. The molecule has 0 radical (unpaired) electrons. The Hall–Kier alpha value is -1.10. The van der Waals surface area contributed by atoms with E-state index in [1.165, 1.54) is 0 Å². The van der Waals surface area contributed by atoms with E-state index in [1.54, 1.807) is 4.90 Å². The Bertz CT molecular complexity index is 332. The molecule has 1 amide bonds. The minimum absolute atomic E-state index is 0.00491. The molecule has 0 bridgehead atoms. The average molecular weight is 240 g/mol. The van der Waals surface area contributed by atoms with Gasteiger partial charge in [-0.05, 0) is 25.2 Å². The van der Waals surface area contributed by atoms with Crippen molar-refractivity contribution in [1.29, 1.82) is 0 Å². The lowest BCUT2D eigenvalue weighted by molar-refractivity contribution is -0.148. The van der Waals surface area contributed by atoms with Gasteiger partial charge in [-0.25, -0.2) is 0 Å². The van der Waals surface area contributed by atoms with Gasteiger partial charge in [0.2, 0.25) is 5.91 Å². The van der Waals surface area contributed by atoms with Gasteiger partial charge in [0.05, 0.1) is 11.8 Å². The van der Waals surface area contributed by atoms with Crippen molar-refractivity contribution < 1.29 is 14.7 Å². The van der Waals surface area contributed by atoms with E-state index in [0.717, 1.165) is 6.42 Å². The average Bonchev–Trinajstić information content (AvgIpc) is 2.83. The number of hydrogen-bond acceptors (Lipinski definition) is 3. The molecule has 1 saturated carbocycles. The Morgan fingerprint density at radius 3 is 2.47 bits per heavy atom. The molecule has 96 valence electrons. The van der Waals surface area contributed by atoms with Gasteiger partial charge in [0, 0.05) is 19.1 Å². The molecule has 1 saturated heterocycles. The van der Waals surface area contributed by atoms with Crippen LogP contribution in [-0.4, -0.2) is 41.0 Å². The molecule has 0 aromatic carbocycles. The third-order valence-electron chi connectivity index (χ3n) is 3.97. The van der Waals surface area contributed by atoms with Gasteiger partial charge in [0.1, 0.15) is 0 Å². The van der Waals surface area contributed by atoms with E-state index in [9.17, 15) is 9.59 Å². The maximum atomic E-state index is 12.3. The summed E-state index contributed by atoms with van der Waals surface area (Å²) in [6.07, 6.45) is 2.14. The SMILES string of the molecule is CC1CC(C(=O)O)C(C(=O)N2CCC(N)C2)C1. The van der Waals surface area contributed by atoms with Crippen LogP contribution in [0.4, 0.5) is 0 Å². The zero-order chi connectivity index (χ0) is 12.6. The lowest BCUT2D eigenvalue weighted by Crippen LogP contribution is -2.39. The molecule has 0 spiro atoms. The Kier molecular flexibility index (Phi) is 3.38. The summed E-state index contributed by atoms with van der Waals surface area (Å²) in [4.78, 5) is 25.1. The highest BCUT2D eigenvalue weighted by atomic mass is 16.4. The van der Waals surface area contributed by atoms with Gasteiger partial charge in [-0.15, -0.1) is 0 Å². The van der Waals surface area contributed by atoms with Crippen molar-refractivity contribution >= 4 is 11.9 Å². The number of hydrogen-bond donors (Lipinski definition) is 2. The van der Waals surface area contributed by atoms with Crippen LogP contribution in [0.5, 0.6) is 0 Å². The summed E-state index contributed by atoms with van der Waals surface area (Å²) in [5, 5.41) is 9.15. The van der Waals surface area contributed by atoms with E-state index in [-0.39, 0.29) is 17.9 Å². The van der Waals surface area contributed by atoms with E-state index >= 15 is 0 Å². The number of rotatable bonds is 2. The molecule has 4 atom stereocenters. The van der Waals surface area contributed by atoms with Crippen LogP contribution < -0.4 is 5.73 Å². The van der Waals surface area contributed by atoms with E-state index in [0.29, 0.717) is 31.8 Å². The van der Waals surface area contributed by atoms with Crippen LogP contribution in [0.2, 0.25) is 0 Å². The van der Waals surface area contributed by atoms with Gasteiger partial charge in [-0.1, -0.05) is 6.92 Å². The number of aliphatic carboxylic acids is 1. The molecule has 1 aliphatic heterocycles. The molecule has 4 unspecified atom stereocenters. The van der Waals surface area contributed by atoms with E-state index < -0.39 is 11.9 Å². The number of carbonyl (C=O) groups is 2. The molecule has 1 aliphatic carbocycles. The molecule has 2 rings (SSSR count). The highest BCUT2D eigenvalue weighted by molar-refractivity contribution is 5.85. The fourth-order valence-corrected chi connectivity index (χ4v) is 3.06. The summed E-state index contributed by atoms with van der Waals surface area (Å²) >= 11 is 0. The summed E-state index contributed by atoms with van der Waals surface area (Å²) in [5.41, 5.74) is 5.77. The first kappa shape index (κ1) is 12.4. The van der Waals surface area contributed by atoms with Crippen LogP contribution in [0.15, 0.2) is 0 Å². The van der Waals surface area contributed by atoms with Gasteiger partial charge < -0.3 is 15.7 Å². The normalized spacial score (nSPS) is 37.4. The molecule has 5 heteroatoms. The molecule has 3 N–H and O–H groups in total. The fraction of sp³-hybridized carbons (Fsp3) is 0.833. The van der Waals surface area contributed by atoms with Crippen molar-refractivity contribution in [2.24, 2.45) is 23.5 Å². The molecular weight excluding hydrogens is 220 g/mol. The first-order valence-corrected chi connectivity index (χ1v) is 6.26. The third kappa shape index (κ3) is 2.44. The lowest BCUT2D eigenvalue weighted by Gasteiger charge is -2.22. The number of carboxylic acids is 1. The number of carboxylic acid groups (broad SMARTS) is 1. The van der Waals surface area contributed by atoms with Gasteiger partial charge in [0.25, 0.3) is 0 Å². The number of nitrogens with two attached hydrogens (primary N) is 1. The van der Waals surface area contributed by atoms with Crippen molar-refractivity contribution in [2.45, 2.75) is 32.2 Å². The second-order valence-electron chi connectivity index (χ2n) is 5.46. The minimum atomic E-state index is -0.837. The van der Waals surface area contributed by atoms with Crippen molar-refractivity contribution in [3.63, 3.8) is 0 Å². The Morgan fingerprint density at radius 2 is 1.94 bits per heavy atom. The topological polar surface area (TPSA) is 83.6 Å². The van der Waals surface area contributed by atoms with Crippen molar-refractivity contribution in [1.82, 2.24) is 4.90 Å². The zero-order valence-corrected chi connectivity index (χ0v) is 10.1. The monoisotopic (exact) mass is 240 g/mol. The highest BCUT2D eigenvalue weighted by Gasteiger charge is 2.43. The molecule has 2 fully saturated rings. The number of nitrogens with zero attached hydrogens (tertiary/aromatic N) is 1. The number of amides is 1. The predicted octanol–water partition coefficient (Wildman–Crippen LogP) is 0.293. The number of likely N-dealkylation sites (tertiary alicyclic amines) is 1. The quantitative estimate of drug-likeness (QED) is 0.726. The first-order valence-electron chi connectivity index (χ1n) is 6.26. The van der Waals surface area contributed by atoms with Gasteiger partial charge in [-0.2, -0.15) is 0 Å². The standard InChI is InChI=1S/C12H20N2O3/c1-7-4-9(10(5-7)12(16)17)11(15)14-3-2-8(13)6-14/h7-10H,2-6,13H2,1H3,(H,16,17). The van der Waals surface area contributed by atoms with Gasteiger partial charge in [0.15, 0.2) is 0 Å². The third-order valence-corrected chi connectivity index (χ3v) is 3.97. The minimum Gasteiger partial charge on any atom is -0.481 e. The van der Waals surface area contributed by atoms with Crippen LogP contribution >= 0.6 is 0 Å². The molecule has 2 aliphatic rings. The summed E-state index contributed by atoms with van der Waals surface area (Å²) < 4.78 is 0. The van der Waals surface area contributed by atoms with Crippen LogP contribution in [0.1, 0.15) is 26.2 Å². The Labute approximate surface area is 101 Å². The second kappa shape index (κ2) is 4.64. The molecule has 1 heterocycles. The van der Waals surface area contributed by atoms with E-state index in [2.05, 4.69) is 0 Å². The predicted molar refractivity (Wildman–Crippen MR) is 62.2 cm³/mol. The van der Waals surface area contributed by atoms with Crippen LogP contribution in [0.3, 0.4) is 0 Å². The largest absolute Gasteiger partial charge is 0.481 e. The smallest absolute Gasteiger partial charge is 0.307 e. The summed E-state index contributed by atoms with van der Waals surface area (Å²) in [6.45, 7) is 3.27. The molecule has 0 aromatic rings. The second-order valence-corrected chi connectivity index (χ2v) is 5.46. The summed E-state index contributed by atoms with van der Waals surface area (Å²) in [6, 6.07) is 0.0565. The molecule has 0 aromatic heterocycles. The highest BCUT2D eigenvalue weighted by Crippen LogP contribution is 2.37. The maximum absolute atomic E-state index is 12.3. The number of carbonyl (C=O) groups excluding carboxylic acids is 1. The molecular formula is C12H20N2O3. The fourth-order valence-electron chi connectivity index (χ4n) is 3.06. The van der Waals surface area contributed by atoms with Crippen molar-refractivity contribution in [3.05, 3.63) is 0 Å². The van der Waals surface area contributed by atoms with Crippen molar-refractivity contribution in [3.8, 4) is 0 Å². The lowest BCUT2D eigenvalue weighted by atomic mass is 9.95. The van der Waals surface area contributed by atoms with Crippen LogP contribution in [0, 0.1) is 17.8 Å². The Balaban J connectivity index is 2.05. The summed E-state index contributed by atoms with van der Waals surface area (Å²) in [7, 11) is 0. The Morgan fingerprint density at radius 1 is 1.29 bits per heavy atom. The molecule has 17 heavy (non-hydrogen) atoms. The molecule has 5 nitrogen and oxygen atoms in total. The van der Waals surface area contributed by atoms with E-state index in [1.807, 2.05) is 6.92 Å². The van der Waals surface area contributed by atoms with E-state index in [4.69, 9.17) is 10.8 Å². The van der Waals surface area contributed by atoms with Gasteiger partial charge >= 0.3 is 5.97 Å². The van der Waals surface area contributed by atoms with Crippen LogP contribution in [-0.2, 0) is 9.59 Å².